The van der Waals surface area contributed by atoms with Crippen molar-refractivity contribution in [3.63, 3.8) is 0 Å². The van der Waals surface area contributed by atoms with E-state index in [4.69, 9.17) is 0 Å². The van der Waals surface area contributed by atoms with E-state index < -0.39 is 10.0 Å². The van der Waals surface area contributed by atoms with E-state index >= 15 is 0 Å². The highest BCUT2D eigenvalue weighted by Crippen LogP contribution is 2.26. The summed E-state index contributed by atoms with van der Waals surface area (Å²) in [5.74, 6) is 0.123. The Balaban J connectivity index is 1.68. The lowest BCUT2D eigenvalue weighted by molar-refractivity contribution is 0.0955. The minimum Gasteiger partial charge on any atom is -0.347 e. The van der Waals surface area contributed by atoms with Crippen LogP contribution in [0.3, 0.4) is 0 Å². The highest BCUT2D eigenvalue weighted by molar-refractivity contribution is 7.89. The number of piperidine rings is 1. The van der Waals surface area contributed by atoms with Crippen LogP contribution < -0.4 is 5.32 Å². The van der Waals surface area contributed by atoms with Crippen molar-refractivity contribution in [2.45, 2.75) is 31.2 Å². The summed E-state index contributed by atoms with van der Waals surface area (Å²) in [6, 6.07) is 11.1. The quantitative estimate of drug-likeness (QED) is 0.869. The smallest absolute Gasteiger partial charge is 0.261 e. The van der Waals surface area contributed by atoms with E-state index in [-0.39, 0.29) is 10.8 Å². The Labute approximate surface area is 152 Å². The van der Waals surface area contributed by atoms with Gasteiger partial charge in [0.15, 0.2) is 0 Å². The second-order valence-corrected chi connectivity index (χ2v) is 9.27. The molecule has 1 amide bonds. The molecule has 7 heteroatoms. The lowest BCUT2D eigenvalue weighted by Crippen LogP contribution is -2.38. The predicted octanol–water partition coefficient (Wildman–Crippen LogP) is 3.10. The van der Waals surface area contributed by atoms with Gasteiger partial charge in [-0.3, -0.25) is 4.79 Å². The molecule has 5 nitrogen and oxygen atoms in total. The third-order valence-electron chi connectivity index (χ3n) is 4.35. The van der Waals surface area contributed by atoms with Crippen LogP contribution in [0.25, 0.3) is 0 Å². The number of nitrogens with one attached hydrogen (secondary N) is 1. The van der Waals surface area contributed by atoms with Crippen molar-refractivity contribution < 1.29 is 13.2 Å². The summed E-state index contributed by atoms with van der Waals surface area (Å²) >= 11 is 1.17. The maximum Gasteiger partial charge on any atom is 0.261 e. The van der Waals surface area contributed by atoms with Gasteiger partial charge in [-0.05, 0) is 30.4 Å². The van der Waals surface area contributed by atoms with Gasteiger partial charge in [0.25, 0.3) is 5.91 Å². The van der Waals surface area contributed by atoms with Crippen molar-refractivity contribution in [1.82, 2.24) is 9.62 Å². The predicted molar refractivity (Wildman–Crippen MR) is 99.1 cm³/mol. The molecule has 0 bridgehead atoms. The third kappa shape index (κ3) is 4.29. The fraction of sp³-hybridized carbons (Fsp3) is 0.389. The lowest BCUT2D eigenvalue weighted by atomic mass is 10.0. The molecule has 0 unspecified atom stereocenters. The number of hydrogen-bond acceptors (Lipinski definition) is 4. The molecule has 1 atom stereocenters. The first-order valence-electron chi connectivity index (χ1n) is 8.37. The number of hydrogen-bond donors (Lipinski definition) is 1. The van der Waals surface area contributed by atoms with Crippen molar-refractivity contribution in [3.05, 3.63) is 52.2 Å². The molecule has 1 aliphatic rings. The molecule has 1 aliphatic heterocycles. The minimum atomic E-state index is -3.51. The Kier molecular flexibility index (Phi) is 5.56. The first-order valence-corrected chi connectivity index (χ1v) is 10.7. The number of amides is 1. The van der Waals surface area contributed by atoms with E-state index in [9.17, 15) is 13.2 Å². The molecule has 0 aliphatic carbocycles. The Bertz CT molecular complexity index is 831. The molecule has 25 heavy (non-hydrogen) atoms. The second kappa shape index (κ2) is 7.68. The van der Waals surface area contributed by atoms with Crippen LogP contribution in [-0.2, 0) is 16.6 Å². The average Bonchev–Trinajstić information content (AvgIpc) is 3.11. The van der Waals surface area contributed by atoms with Crippen LogP contribution in [0.15, 0.2) is 46.7 Å². The molecular weight excluding hydrogens is 356 g/mol. The van der Waals surface area contributed by atoms with Gasteiger partial charge in [-0.25, -0.2) is 8.42 Å². The zero-order valence-corrected chi connectivity index (χ0v) is 15.8. The number of thiophene rings is 1. The van der Waals surface area contributed by atoms with Gasteiger partial charge in [0.05, 0.1) is 9.77 Å². The van der Waals surface area contributed by atoms with Crippen LogP contribution in [0.2, 0.25) is 0 Å². The summed E-state index contributed by atoms with van der Waals surface area (Å²) in [6.07, 6.45) is 1.94. The number of carbonyl (C=O) groups is 1. The highest BCUT2D eigenvalue weighted by Gasteiger charge is 2.29. The first kappa shape index (κ1) is 18.1. The molecule has 1 aromatic carbocycles. The standard InChI is InChI=1S/C18H22N2O3S2/c1-14-6-5-9-20(12-14)25(22,23)16-10-17(24-13-16)18(21)19-11-15-7-3-2-4-8-15/h2-4,7-8,10,13-14H,5-6,9,11-12H2,1H3,(H,19,21)/t14-/m0/s1. The number of benzene rings is 1. The Morgan fingerprint density at radius 1 is 1.32 bits per heavy atom. The summed E-state index contributed by atoms with van der Waals surface area (Å²) in [7, 11) is -3.51. The topological polar surface area (TPSA) is 66.5 Å². The number of rotatable bonds is 5. The average molecular weight is 379 g/mol. The monoisotopic (exact) mass is 378 g/mol. The molecule has 1 aromatic heterocycles. The zero-order valence-electron chi connectivity index (χ0n) is 14.1. The Morgan fingerprint density at radius 3 is 2.80 bits per heavy atom. The SMILES string of the molecule is C[C@H]1CCCN(S(=O)(=O)c2csc(C(=O)NCc3ccccc3)c2)C1. The molecule has 1 N–H and O–H groups in total. The van der Waals surface area contributed by atoms with Crippen molar-refractivity contribution in [1.29, 1.82) is 0 Å². The number of carbonyl (C=O) groups excluding carboxylic acids is 1. The molecule has 0 radical (unpaired) electrons. The summed E-state index contributed by atoms with van der Waals surface area (Å²) in [4.78, 5) is 12.9. The second-order valence-electron chi connectivity index (χ2n) is 6.43. The molecule has 1 saturated heterocycles. The van der Waals surface area contributed by atoms with E-state index in [1.165, 1.54) is 21.7 Å². The molecule has 1 fully saturated rings. The molecule has 3 rings (SSSR count). The van der Waals surface area contributed by atoms with Crippen LogP contribution in [0, 0.1) is 5.92 Å². The maximum absolute atomic E-state index is 12.7. The zero-order chi connectivity index (χ0) is 17.9. The van der Waals surface area contributed by atoms with Crippen molar-refractivity contribution >= 4 is 27.3 Å². The number of nitrogens with zero attached hydrogens (tertiary/aromatic N) is 1. The van der Waals surface area contributed by atoms with Gasteiger partial charge in [-0.2, -0.15) is 4.31 Å². The van der Waals surface area contributed by atoms with Crippen molar-refractivity contribution in [2.24, 2.45) is 5.92 Å². The van der Waals surface area contributed by atoms with E-state index in [0.29, 0.717) is 30.4 Å². The molecular formula is C18H22N2O3S2. The molecule has 2 aromatic rings. The summed E-state index contributed by atoms with van der Waals surface area (Å²) in [5.41, 5.74) is 1.00. The van der Waals surface area contributed by atoms with Gasteiger partial charge in [-0.1, -0.05) is 37.3 Å². The van der Waals surface area contributed by atoms with Gasteiger partial charge in [0, 0.05) is 25.0 Å². The van der Waals surface area contributed by atoms with Gasteiger partial charge in [-0.15, -0.1) is 11.3 Å². The normalized spacial score (nSPS) is 18.8. The Morgan fingerprint density at radius 2 is 2.08 bits per heavy atom. The molecule has 0 saturated carbocycles. The van der Waals surface area contributed by atoms with Gasteiger partial charge in [0.2, 0.25) is 10.0 Å². The first-order chi connectivity index (χ1) is 12.0. The van der Waals surface area contributed by atoms with Crippen LogP contribution in [-0.4, -0.2) is 31.7 Å². The van der Waals surface area contributed by atoms with E-state index in [0.717, 1.165) is 18.4 Å². The van der Waals surface area contributed by atoms with Gasteiger partial charge in [0.1, 0.15) is 0 Å². The third-order valence-corrected chi connectivity index (χ3v) is 7.27. The molecule has 2 heterocycles. The fourth-order valence-corrected chi connectivity index (χ4v) is 5.73. The van der Waals surface area contributed by atoms with Crippen molar-refractivity contribution in [2.75, 3.05) is 13.1 Å². The highest BCUT2D eigenvalue weighted by atomic mass is 32.2. The number of sulfonamides is 1. The fourth-order valence-electron chi connectivity index (χ4n) is 2.95. The molecule has 134 valence electrons. The summed E-state index contributed by atoms with van der Waals surface area (Å²) in [5, 5.41) is 4.39. The maximum atomic E-state index is 12.7. The summed E-state index contributed by atoms with van der Waals surface area (Å²) in [6.45, 7) is 3.59. The Hall–Kier alpha value is -1.70. The van der Waals surface area contributed by atoms with Gasteiger partial charge < -0.3 is 5.32 Å². The van der Waals surface area contributed by atoms with Crippen LogP contribution in [0.1, 0.15) is 35.0 Å². The van der Waals surface area contributed by atoms with Crippen LogP contribution >= 0.6 is 11.3 Å². The molecule has 0 spiro atoms. The van der Waals surface area contributed by atoms with Crippen LogP contribution in [0.4, 0.5) is 0 Å². The minimum absolute atomic E-state index is 0.219. The lowest BCUT2D eigenvalue weighted by Gasteiger charge is -2.29. The van der Waals surface area contributed by atoms with Gasteiger partial charge >= 0.3 is 0 Å². The van der Waals surface area contributed by atoms with E-state index in [2.05, 4.69) is 12.2 Å². The summed E-state index contributed by atoms with van der Waals surface area (Å²) < 4.78 is 27.0. The van der Waals surface area contributed by atoms with Crippen LogP contribution in [0.5, 0.6) is 0 Å². The largest absolute Gasteiger partial charge is 0.347 e. The van der Waals surface area contributed by atoms with Crippen molar-refractivity contribution in [3.8, 4) is 0 Å². The van der Waals surface area contributed by atoms with E-state index in [1.807, 2.05) is 30.3 Å². The van der Waals surface area contributed by atoms with E-state index in [1.54, 1.807) is 5.38 Å².